The minimum Gasteiger partial charge on any atom is -0.381 e. The van der Waals surface area contributed by atoms with Crippen molar-refractivity contribution >= 4 is 11.8 Å². The molecule has 108 valence electrons. The third-order valence-corrected chi connectivity index (χ3v) is 4.04. The van der Waals surface area contributed by atoms with Crippen LogP contribution < -0.4 is 5.32 Å². The van der Waals surface area contributed by atoms with E-state index < -0.39 is 6.04 Å². The predicted octanol–water partition coefficient (Wildman–Crippen LogP) is 0.784. The molecular weight excluding hydrogens is 244 g/mol. The van der Waals surface area contributed by atoms with Gasteiger partial charge in [-0.1, -0.05) is 13.8 Å². The van der Waals surface area contributed by atoms with Crippen LogP contribution in [-0.4, -0.2) is 48.6 Å². The number of carbonyl (C=O) groups is 2. The van der Waals surface area contributed by atoms with Crippen molar-refractivity contribution in [3.05, 3.63) is 0 Å². The van der Waals surface area contributed by atoms with Crippen LogP contribution in [-0.2, 0) is 14.3 Å². The van der Waals surface area contributed by atoms with Crippen LogP contribution in [0.15, 0.2) is 0 Å². The average molecular weight is 268 g/mol. The summed E-state index contributed by atoms with van der Waals surface area (Å²) in [6.07, 6.45) is 1.95. The van der Waals surface area contributed by atoms with Crippen molar-refractivity contribution in [2.45, 2.75) is 45.7 Å². The van der Waals surface area contributed by atoms with Crippen LogP contribution in [0.5, 0.6) is 0 Å². The molecule has 0 saturated carbocycles. The molecule has 5 nitrogen and oxygen atoms in total. The maximum Gasteiger partial charge on any atom is 0.245 e. The first-order chi connectivity index (χ1) is 9.00. The molecule has 2 heterocycles. The lowest BCUT2D eigenvalue weighted by Gasteiger charge is -2.42. The van der Waals surface area contributed by atoms with Crippen LogP contribution in [0.3, 0.4) is 0 Å². The van der Waals surface area contributed by atoms with Crippen LogP contribution in [0.25, 0.3) is 0 Å². The van der Waals surface area contributed by atoms with Crippen molar-refractivity contribution in [3.63, 3.8) is 0 Å². The molecular formula is C14H24N2O3. The van der Waals surface area contributed by atoms with E-state index in [0.29, 0.717) is 12.5 Å². The van der Waals surface area contributed by atoms with Gasteiger partial charge in [0.15, 0.2) is 0 Å². The van der Waals surface area contributed by atoms with Gasteiger partial charge in [-0.15, -0.1) is 0 Å². The fourth-order valence-corrected chi connectivity index (χ4v) is 2.96. The lowest BCUT2D eigenvalue weighted by molar-refractivity contribution is -0.151. The third kappa shape index (κ3) is 3.08. The highest BCUT2D eigenvalue weighted by atomic mass is 16.5. The number of ether oxygens (including phenoxy) is 1. The molecule has 2 fully saturated rings. The Hall–Kier alpha value is -1.10. The zero-order valence-electron chi connectivity index (χ0n) is 12.0. The van der Waals surface area contributed by atoms with Gasteiger partial charge >= 0.3 is 0 Å². The van der Waals surface area contributed by atoms with Crippen molar-refractivity contribution in [2.75, 3.05) is 19.8 Å². The first-order valence-corrected chi connectivity index (χ1v) is 7.19. The summed E-state index contributed by atoms with van der Waals surface area (Å²) in [5.41, 5.74) is 0. The van der Waals surface area contributed by atoms with Gasteiger partial charge in [-0.25, -0.2) is 0 Å². The molecule has 19 heavy (non-hydrogen) atoms. The average Bonchev–Trinajstić information content (AvgIpc) is 2.36. The van der Waals surface area contributed by atoms with Crippen LogP contribution in [0.1, 0.15) is 33.6 Å². The number of rotatable bonds is 3. The van der Waals surface area contributed by atoms with Crippen molar-refractivity contribution in [2.24, 2.45) is 11.8 Å². The normalized spacial score (nSPS) is 29.8. The number of piperazine rings is 1. The number of nitrogens with zero attached hydrogens (tertiary/aromatic N) is 1. The Balaban J connectivity index is 2.11. The molecule has 0 aliphatic carbocycles. The lowest BCUT2D eigenvalue weighted by Crippen LogP contribution is -2.64. The minimum absolute atomic E-state index is 0.0193. The van der Waals surface area contributed by atoms with E-state index in [0.717, 1.165) is 26.1 Å². The van der Waals surface area contributed by atoms with Gasteiger partial charge in [0, 0.05) is 19.8 Å². The number of hydrogen-bond acceptors (Lipinski definition) is 3. The van der Waals surface area contributed by atoms with E-state index in [1.807, 2.05) is 13.8 Å². The van der Waals surface area contributed by atoms with Gasteiger partial charge in [0.1, 0.15) is 12.1 Å². The molecule has 2 aliphatic rings. The Bertz CT molecular complexity index is 351. The smallest absolute Gasteiger partial charge is 0.245 e. The largest absolute Gasteiger partial charge is 0.381 e. The molecule has 2 saturated heterocycles. The highest BCUT2D eigenvalue weighted by Gasteiger charge is 2.40. The second-order valence-electron chi connectivity index (χ2n) is 5.97. The van der Waals surface area contributed by atoms with E-state index >= 15 is 0 Å². The number of carbonyl (C=O) groups excluding carboxylic acids is 2. The summed E-state index contributed by atoms with van der Waals surface area (Å²) >= 11 is 0. The Morgan fingerprint density at radius 1 is 1.32 bits per heavy atom. The summed E-state index contributed by atoms with van der Waals surface area (Å²) < 4.78 is 5.35. The first-order valence-electron chi connectivity index (χ1n) is 7.19. The molecule has 0 aromatic heterocycles. The zero-order chi connectivity index (χ0) is 14.0. The molecule has 0 bridgehead atoms. The van der Waals surface area contributed by atoms with Crippen LogP contribution >= 0.6 is 0 Å². The summed E-state index contributed by atoms with van der Waals surface area (Å²) in [7, 11) is 0. The standard InChI is InChI=1S/C14H24N2O3/c1-9(2)12-13(17)15-10(3)14(18)16(12)8-11-4-6-19-7-5-11/h9-12H,4-8H2,1-3H3,(H,15,17). The van der Waals surface area contributed by atoms with Crippen molar-refractivity contribution in [1.29, 1.82) is 0 Å². The van der Waals surface area contributed by atoms with Gasteiger partial charge in [0.25, 0.3) is 0 Å². The fourth-order valence-electron chi connectivity index (χ4n) is 2.96. The van der Waals surface area contributed by atoms with E-state index in [1.54, 1.807) is 11.8 Å². The van der Waals surface area contributed by atoms with Crippen LogP contribution in [0, 0.1) is 11.8 Å². The van der Waals surface area contributed by atoms with Gasteiger partial charge < -0.3 is 15.0 Å². The van der Waals surface area contributed by atoms with Crippen molar-refractivity contribution < 1.29 is 14.3 Å². The van der Waals surface area contributed by atoms with Gasteiger partial charge in [0.05, 0.1) is 0 Å². The molecule has 2 unspecified atom stereocenters. The molecule has 2 amide bonds. The summed E-state index contributed by atoms with van der Waals surface area (Å²) in [5, 5.41) is 2.77. The number of hydrogen-bond donors (Lipinski definition) is 1. The first kappa shape index (κ1) is 14.3. The van der Waals surface area contributed by atoms with Crippen LogP contribution in [0.4, 0.5) is 0 Å². The molecule has 2 aliphatic heterocycles. The summed E-state index contributed by atoms with van der Waals surface area (Å²) in [6.45, 7) is 7.95. The highest BCUT2D eigenvalue weighted by Crippen LogP contribution is 2.23. The van der Waals surface area contributed by atoms with Crippen molar-refractivity contribution in [1.82, 2.24) is 10.2 Å². The third-order valence-electron chi connectivity index (χ3n) is 4.04. The molecule has 2 rings (SSSR count). The molecule has 5 heteroatoms. The van der Waals surface area contributed by atoms with E-state index in [-0.39, 0.29) is 23.8 Å². The van der Waals surface area contributed by atoms with Crippen LogP contribution in [0.2, 0.25) is 0 Å². The van der Waals surface area contributed by atoms with E-state index in [9.17, 15) is 9.59 Å². The molecule has 0 aromatic carbocycles. The van der Waals surface area contributed by atoms with Gasteiger partial charge in [-0.2, -0.15) is 0 Å². The predicted molar refractivity (Wildman–Crippen MR) is 71.5 cm³/mol. The number of amides is 2. The maximum absolute atomic E-state index is 12.3. The van der Waals surface area contributed by atoms with Gasteiger partial charge in [0.2, 0.25) is 11.8 Å². The second kappa shape index (κ2) is 5.90. The molecule has 1 N–H and O–H groups in total. The minimum atomic E-state index is -0.401. The van der Waals surface area contributed by atoms with Gasteiger partial charge in [-0.3, -0.25) is 9.59 Å². The molecule has 0 radical (unpaired) electrons. The summed E-state index contributed by atoms with van der Waals surface area (Å²) in [6, 6.07) is -0.728. The summed E-state index contributed by atoms with van der Waals surface area (Å²) in [5.74, 6) is 0.618. The van der Waals surface area contributed by atoms with E-state index in [1.165, 1.54) is 0 Å². The Morgan fingerprint density at radius 2 is 1.95 bits per heavy atom. The highest BCUT2D eigenvalue weighted by molar-refractivity contribution is 5.96. The Labute approximate surface area is 114 Å². The maximum atomic E-state index is 12.3. The fraction of sp³-hybridized carbons (Fsp3) is 0.857. The topological polar surface area (TPSA) is 58.6 Å². The molecule has 2 atom stereocenters. The Morgan fingerprint density at radius 3 is 2.53 bits per heavy atom. The van der Waals surface area contributed by atoms with E-state index in [4.69, 9.17) is 4.74 Å². The second-order valence-corrected chi connectivity index (χ2v) is 5.97. The lowest BCUT2D eigenvalue weighted by atomic mass is 9.93. The zero-order valence-corrected chi connectivity index (χ0v) is 12.0. The summed E-state index contributed by atoms with van der Waals surface area (Å²) in [4.78, 5) is 26.2. The molecule has 0 aromatic rings. The van der Waals surface area contributed by atoms with Gasteiger partial charge in [-0.05, 0) is 31.6 Å². The van der Waals surface area contributed by atoms with E-state index in [2.05, 4.69) is 5.32 Å². The quantitative estimate of drug-likeness (QED) is 0.823. The molecule has 0 spiro atoms. The van der Waals surface area contributed by atoms with Crippen molar-refractivity contribution in [3.8, 4) is 0 Å². The number of nitrogens with one attached hydrogen (secondary N) is 1. The monoisotopic (exact) mass is 268 g/mol. The SMILES string of the molecule is CC1NC(=O)C(C(C)C)N(CC2CCOCC2)C1=O. The Kier molecular flexibility index (Phi) is 4.45.